The average Bonchev–Trinajstić information content (AvgIpc) is 2.95. The van der Waals surface area contributed by atoms with Crippen LogP contribution in [0.4, 0.5) is 0 Å². The molecule has 140 valence electrons. The molecule has 3 rings (SSSR count). The fourth-order valence-electron chi connectivity index (χ4n) is 3.09. The van der Waals surface area contributed by atoms with Crippen LogP contribution in [0.1, 0.15) is 27.3 Å². The van der Waals surface area contributed by atoms with Crippen LogP contribution in [-0.2, 0) is 19.5 Å². The molecule has 2 heterocycles. The van der Waals surface area contributed by atoms with Gasteiger partial charge in [0.15, 0.2) is 5.78 Å². The van der Waals surface area contributed by atoms with Gasteiger partial charge in [-0.1, -0.05) is 53.5 Å². The molecule has 0 saturated heterocycles. The van der Waals surface area contributed by atoms with E-state index >= 15 is 0 Å². The van der Waals surface area contributed by atoms with Crippen LogP contribution in [-0.4, -0.2) is 20.1 Å². The third-order valence-corrected chi connectivity index (χ3v) is 5.33. The molecule has 0 unspecified atom stereocenters. The van der Waals surface area contributed by atoms with Gasteiger partial charge in [0, 0.05) is 23.5 Å². The molecule has 7 heteroatoms. The molecule has 5 nitrogen and oxygen atoms in total. The van der Waals surface area contributed by atoms with E-state index in [4.69, 9.17) is 23.2 Å². The lowest BCUT2D eigenvalue weighted by molar-refractivity contribution is 0.0965. The second kappa shape index (κ2) is 8.11. The van der Waals surface area contributed by atoms with E-state index in [1.165, 1.54) is 11.8 Å². The van der Waals surface area contributed by atoms with Gasteiger partial charge in [-0.3, -0.25) is 9.59 Å². The van der Waals surface area contributed by atoms with Crippen LogP contribution in [0.3, 0.4) is 0 Å². The van der Waals surface area contributed by atoms with Gasteiger partial charge in [0.05, 0.1) is 11.2 Å². The van der Waals surface area contributed by atoms with E-state index in [0.29, 0.717) is 5.56 Å². The van der Waals surface area contributed by atoms with E-state index < -0.39 is 5.56 Å². The molecule has 2 aromatic heterocycles. The summed E-state index contributed by atoms with van der Waals surface area (Å²) in [5.74, 6) is -0.193. The Morgan fingerprint density at radius 1 is 1.15 bits per heavy atom. The molecule has 0 bridgehead atoms. The second-order valence-corrected chi connectivity index (χ2v) is 7.15. The molecule has 0 aliphatic rings. The quantitative estimate of drug-likeness (QED) is 0.582. The normalized spacial score (nSPS) is 11.0. The number of Topliss-reactive ketones (excluding diaryl/α,β-unsaturated/α-hetero) is 1. The third kappa shape index (κ3) is 4.15. The van der Waals surface area contributed by atoms with Gasteiger partial charge in [-0.2, -0.15) is 5.10 Å². The number of aromatic nitrogens is 3. The zero-order chi connectivity index (χ0) is 19.6. The Kier molecular flexibility index (Phi) is 5.82. The number of aryl methyl sites for hydroxylation is 2. The van der Waals surface area contributed by atoms with Crippen LogP contribution in [0.15, 0.2) is 47.4 Å². The highest BCUT2D eigenvalue weighted by Crippen LogP contribution is 2.18. The number of nitrogens with zero attached hydrogens (tertiary/aromatic N) is 3. The highest BCUT2D eigenvalue weighted by atomic mass is 35.5. The SMILES string of the molecule is Cc1cc(C(=O)Cn2ncc(Cl)c(Cl)c2=O)c(C)n1CCc1ccccc1. The molecule has 0 saturated carbocycles. The topological polar surface area (TPSA) is 56.9 Å². The summed E-state index contributed by atoms with van der Waals surface area (Å²) in [6.07, 6.45) is 2.14. The molecule has 3 aromatic rings. The van der Waals surface area contributed by atoms with Gasteiger partial charge in [0.1, 0.15) is 11.6 Å². The summed E-state index contributed by atoms with van der Waals surface area (Å²) in [5.41, 5.74) is 3.13. The number of rotatable bonds is 6. The van der Waals surface area contributed by atoms with Gasteiger partial charge < -0.3 is 4.57 Å². The number of carbonyl (C=O) groups is 1. The van der Waals surface area contributed by atoms with Crippen molar-refractivity contribution in [3.8, 4) is 0 Å². The highest BCUT2D eigenvalue weighted by molar-refractivity contribution is 6.41. The molecular formula is C20H19Cl2N3O2. The first-order valence-electron chi connectivity index (χ1n) is 8.53. The molecule has 0 spiro atoms. The van der Waals surface area contributed by atoms with Crippen LogP contribution in [0, 0.1) is 13.8 Å². The first-order chi connectivity index (χ1) is 12.9. The van der Waals surface area contributed by atoms with Crippen LogP contribution >= 0.6 is 23.2 Å². The van der Waals surface area contributed by atoms with Crippen molar-refractivity contribution in [3.63, 3.8) is 0 Å². The standard InChI is InChI=1S/C20H19Cl2N3O2/c1-13-10-16(14(2)24(13)9-8-15-6-4-3-5-7-15)18(26)12-25-20(27)19(22)17(21)11-23-25/h3-7,10-11H,8-9,12H2,1-2H3. The Bertz CT molecular complexity index is 1040. The number of hydrogen-bond acceptors (Lipinski definition) is 3. The Labute approximate surface area is 167 Å². The van der Waals surface area contributed by atoms with Gasteiger partial charge in [0.25, 0.3) is 5.56 Å². The smallest absolute Gasteiger partial charge is 0.287 e. The summed E-state index contributed by atoms with van der Waals surface area (Å²) >= 11 is 11.6. The number of hydrogen-bond donors (Lipinski definition) is 0. The van der Waals surface area contributed by atoms with Crippen LogP contribution in [0.25, 0.3) is 0 Å². The molecule has 0 fully saturated rings. The summed E-state index contributed by atoms with van der Waals surface area (Å²) in [6, 6.07) is 12.0. The van der Waals surface area contributed by atoms with E-state index in [9.17, 15) is 9.59 Å². The summed E-state index contributed by atoms with van der Waals surface area (Å²) in [6.45, 7) is 4.48. The first kappa shape index (κ1) is 19.4. The summed E-state index contributed by atoms with van der Waals surface area (Å²) < 4.78 is 3.15. The summed E-state index contributed by atoms with van der Waals surface area (Å²) in [4.78, 5) is 24.8. The van der Waals surface area contributed by atoms with E-state index in [2.05, 4.69) is 21.8 Å². The van der Waals surface area contributed by atoms with Crippen molar-refractivity contribution >= 4 is 29.0 Å². The average molecular weight is 404 g/mol. The zero-order valence-corrected chi connectivity index (χ0v) is 16.6. The number of ketones is 1. The Balaban J connectivity index is 1.80. The summed E-state index contributed by atoms with van der Waals surface area (Å²) in [7, 11) is 0. The zero-order valence-electron chi connectivity index (χ0n) is 15.1. The van der Waals surface area contributed by atoms with E-state index in [-0.39, 0.29) is 22.4 Å². The van der Waals surface area contributed by atoms with Gasteiger partial charge in [-0.15, -0.1) is 0 Å². The summed E-state index contributed by atoms with van der Waals surface area (Å²) in [5, 5.41) is 3.84. The number of benzene rings is 1. The Morgan fingerprint density at radius 2 is 1.85 bits per heavy atom. The van der Waals surface area contributed by atoms with Crippen LogP contribution < -0.4 is 5.56 Å². The monoisotopic (exact) mass is 403 g/mol. The minimum absolute atomic E-state index is 0.0736. The Morgan fingerprint density at radius 3 is 2.56 bits per heavy atom. The van der Waals surface area contributed by atoms with Gasteiger partial charge in [0.2, 0.25) is 0 Å². The molecule has 0 aliphatic carbocycles. The van der Waals surface area contributed by atoms with E-state index in [1.807, 2.05) is 38.1 Å². The molecule has 0 radical (unpaired) electrons. The van der Waals surface area contributed by atoms with Crippen molar-refractivity contribution in [2.24, 2.45) is 0 Å². The maximum Gasteiger partial charge on any atom is 0.287 e. The third-order valence-electron chi connectivity index (χ3n) is 4.58. The van der Waals surface area contributed by atoms with Gasteiger partial charge >= 0.3 is 0 Å². The molecule has 0 atom stereocenters. The lowest BCUT2D eigenvalue weighted by Gasteiger charge is -2.10. The maximum absolute atomic E-state index is 12.7. The van der Waals surface area contributed by atoms with Crippen LogP contribution in [0.5, 0.6) is 0 Å². The van der Waals surface area contributed by atoms with Crippen molar-refractivity contribution in [1.82, 2.24) is 14.3 Å². The molecule has 1 aromatic carbocycles. The molecular weight excluding hydrogens is 385 g/mol. The lowest BCUT2D eigenvalue weighted by atomic mass is 10.1. The van der Waals surface area contributed by atoms with Crippen molar-refractivity contribution in [3.05, 3.63) is 85.5 Å². The van der Waals surface area contributed by atoms with Crippen molar-refractivity contribution in [2.45, 2.75) is 33.4 Å². The minimum Gasteiger partial charge on any atom is -0.348 e. The second-order valence-electron chi connectivity index (χ2n) is 6.36. The molecule has 27 heavy (non-hydrogen) atoms. The predicted octanol–water partition coefficient (Wildman–Crippen LogP) is 4.09. The van der Waals surface area contributed by atoms with Gasteiger partial charge in [-0.25, -0.2) is 4.68 Å². The predicted molar refractivity (Wildman–Crippen MR) is 107 cm³/mol. The number of carbonyl (C=O) groups excluding carboxylic acids is 1. The molecule has 0 N–H and O–H groups in total. The van der Waals surface area contributed by atoms with E-state index in [0.717, 1.165) is 29.0 Å². The molecule has 0 aliphatic heterocycles. The van der Waals surface area contributed by atoms with Gasteiger partial charge in [-0.05, 0) is 31.9 Å². The highest BCUT2D eigenvalue weighted by Gasteiger charge is 2.18. The number of halogens is 2. The fraction of sp³-hybridized carbons (Fsp3) is 0.250. The van der Waals surface area contributed by atoms with Crippen molar-refractivity contribution in [1.29, 1.82) is 0 Å². The largest absolute Gasteiger partial charge is 0.348 e. The van der Waals surface area contributed by atoms with Crippen molar-refractivity contribution in [2.75, 3.05) is 0 Å². The Hall–Kier alpha value is -2.37. The fourth-order valence-corrected chi connectivity index (χ4v) is 3.36. The van der Waals surface area contributed by atoms with Crippen molar-refractivity contribution < 1.29 is 4.79 Å². The van der Waals surface area contributed by atoms with E-state index in [1.54, 1.807) is 0 Å². The maximum atomic E-state index is 12.7. The minimum atomic E-state index is -0.574. The molecule has 0 amide bonds. The first-order valence-corrected chi connectivity index (χ1v) is 9.29. The lowest BCUT2D eigenvalue weighted by Crippen LogP contribution is -2.27. The van der Waals surface area contributed by atoms with Crippen LogP contribution in [0.2, 0.25) is 10.0 Å².